The molecule has 5 nitrogen and oxygen atoms in total. The third kappa shape index (κ3) is 5.17. The monoisotopic (exact) mass is 386 g/mol. The van der Waals surface area contributed by atoms with Crippen molar-refractivity contribution in [3.8, 4) is 0 Å². The highest BCUT2D eigenvalue weighted by Crippen LogP contribution is 2.20. The van der Waals surface area contributed by atoms with Gasteiger partial charge in [-0.3, -0.25) is 4.79 Å². The number of hydrogen-bond acceptors (Lipinski definition) is 3. The minimum Gasteiger partial charge on any atom is -0.322 e. The Balaban J connectivity index is 1.68. The van der Waals surface area contributed by atoms with E-state index in [4.69, 9.17) is 0 Å². The summed E-state index contributed by atoms with van der Waals surface area (Å²) in [7, 11) is -3.57. The number of aryl methyl sites for hydroxylation is 1. The van der Waals surface area contributed by atoms with Gasteiger partial charge in [0.25, 0.3) is 5.91 Å². The van der Waals surface area contributed by atoms with Gasteiger partial charge in [-0.15, -0.1) is 0 Å². The summed E-state index contributed by atoms with van der Waals surface area (Å²) in [5.74, 6) is -0.259. The predicted octanol–water partition coefficient (Wildman–Crippen LogP) is 4.25. The van der Waals surface area contributed by atoms with Gasteiger partial charge < -0.3 is 5.32 Å². The first-order chi connectivity index (χ1) is 13.0. The molecule has 2 N–H and O–H groups in total. The van der Waals surface area contributed by atoms with Crippen molar-refractivity contribution in [1.29, 1.82) is 0 Å². The van der Waals surface area contributed by atoms with Crippen LogP contribution in [-0.2, 0) is 10.0 Å². The zero-order valence-corrected chi connectivity index (χ0v) is 16.4. The Labute approximate surface area is 161 Å². The molecular formula is C21H26N2O3S. The second kappa shape index (κ2) is 8.67. The Morgan fingerprint density at radius 3 is 2.19 bits per heavy atom. The number of amides is 1. The van der Waals surface area contributed by atoms with Crippen LogP contribution in [0.2, 0.25) is 0 Å². The molecular weight excluding hydrogens is 360 g/mol. The van der Waals surface area contributed by atoms with Crippen molar-refractivity contribution in [2.45, 2.75) is 56.4 Å². The number of benzene rings is 2. The van der Waals surface area contributed by atoms with Gasteiger partial charge in [-0.25, -0.2) is 13.1 Å². The zero-order valence-electron chi connectivity index (χ0n) is 15.6. The van der Waals surface area contributed by atoms with E-state index in [0.717, 1.165) is 36.9 Å². The fraction of sp³-hybridized carbons (Fsp3) is 0.381. The van der Waals surface area contributed by atoms with Crippen molar-refractivity contribution in [3.63, 3.8) is 0 Å². The summed E-state index contributed by atoms with van der Waals surface area (Å²) < 4.78 is 28.1. The summed E-state index contributed by atoms with van der Waals surface area (Å²) in [6, 6.07) is 13.6. The molecule has 144 valence electrons. The third-order valence-corrected chi connectivity index (χ3v) is 6.53. The highest BCUT2D eigenvalue weighted by atomic mass is 32.2. The molecule has 1 amide bonds. The van der Waals surface area contributed by atoms with Crippen molar-refractivity contribution >= 4 is 21.6 Å². The lowest BCUT2D eigenvalue weighted by Crippen LogP contribution is -2.34. The Bertz CT molecular complexity index is 884. The minimum absolute atomic E-state index is 0.00142. The van der Waals surface area contributed by atoms with Crippen LogP contribution in [0.5, 0.6) is 0 Å². The first-order valence-corrected chi connectivity index (χ1v) is 10.9. The molecule has 0 aliphatic heterocycles. The number of para-hydroxylation sites is 1. The van der Waals surface area contributed by atoms with Crippen LogP contribution in [0.15, 0.2) is 53.4 Å². The van der Waals surface area contributed by atoms with Crippen LogP contribution >= 0.6 is 0 Å². The lowest BCUT2D eigenvalue weighted by atomic mass is 10.1. The quantitative estimate of drug-likeness (QED) is 0.755. The van der Waals surface area contributed by atoms with E-state index >= 15 is 0 Å². The maximum atomic E-state index is 12.6. The van der Waals surface area contributed by atoms with Gasteiger partial charge in [0.1, 0.15) is 0 Å². The molecule has 0 spiro atoms. The second-order valence-electron chi connectivity index (χ2n) is 7.10. The van der Waals surface area contributed by atoms with Crippen LogP contribution in [0.1, 0.15) is 54.4 Å². The Kier molecular flexibility index (Phi) is 6.29. The highest BCUT2D eigenvalue weighted by molar-refractivity contribution is 7.89. The summed E-state index contributed by atoms with van der Waals surface area (Å²) in [5, 5.41) is 2.85. The number of nitrogens with one attached hydrogen (secondary N) is 2. The molecule has 2 aromatic carbocycles. The van der Waals surface area contributed by atoms with Gasteiger partial charge >= 0.3 is 0 Å². The van der Waals surface area contributed by atoms with E-state index in [1.807, 2.05) is 31.2 Å². The van der Waals surface area contributed by atoms with Gasteiger partial charge in [-0.2, -0.15) is 0 Å². The lowest BCUT2D eigenvalue weighted by Gasteiger charge is -2.16. The molecule has 6 heteroatoms. The lowest BCUT2D eigenvalue weighted by molar-refractivity contribution is 0.102. The van der Waals surface area contributed by atoms with Crippen LogP contribution in [0.4, 0.5) is 5.69 Å². The molecule has 1 aliphatic carbocycles. The molecule has 0 radical (unpaired) electrons. The van der Waals surface area contributed by atoms with Gasteiger partial charge in [0.2, 0.25) is 10.0 Å². The number of hydrogen-bond donors (Lipinski definition) is 2. The van der Waals surface area contributed by atoms with Crippen molar-refractivity contribution in [2.75, 3.05) is 5.32 Å². The molecule has 0 atom stereocenters. The van der Waals surface area contributed by atoms with Crippen LogP contribution in [0.25, 0.3) is 0 Å². The van der Waals surface area contributed by atoms with Gasteiger partial charge in [-0.1, -0.05) is 43.9 Å². The van der Waals surface area contributed by atoms with Crippen LogP contribution in [-0.4, -0.2) is 20.4 Å². The molecule has 1 fully saturated rings. The van der Waals surface area contributed by atoms with Gasteiger partial charge in [0.05, 0.1) is 4.90 Å². The van der Waals surface area contributed by atoms with Crippen molar-refractivity contribution < 1.29 is 13.2 Å². The summed E-state index contributed by atoms with van der Waals surface area (Å²) in [6.07, 6.45) is 6.23. The summed E-state index contributed by atoms with van der Waals surface area (Å²) in [6.45, 7) is 1.92. The van der Waals surface area contributed by atoms with E-state index in [9.17, 15) is 13.2 Å². The van der Waals surface area contributed by atoms with E-state index in [-0.39, 0.29) is 16.8 Å². The van der Waals surface area contributed by atoms with E-state index in [1.165, 1.54) is 25.0 Å². The predicted molar refractivity (Wildman–Crippen MR) is 107 cm³/mol. The average molecular weight is 387 g/mol. The highest BCUT2D eigenvalue weighted by Gasteiger charge is 2.21. The van der Waals surface area contributed by atoms with Gasteiger partial charge in [0.15, 0.2) is 0 Å². The Morgan fingerprint density at radius 2 is 1.56 bits per heavy atom. The Hall–Kier alpha value is -2.18. The molecule has 0 unspecified atom stereocenters. The maximum absolute atomic E-state index is 12.6. The smallest absolute Gasteiger partial charge is 0.255 e. The minimum atomic E-state index is -3.57. The standard InChI is InChI=1S/C21H26N2O3S/c1-16-8-6-7-11-20(16)22-21(24)17-12-14-19(15-13-17)27(25,26)23-18-9-4-2-3-5-10-18/h6-8,11-15,18,23H,2-5,9-10H2,1H3,(H,22,24). The molecule has 27 heavy (non-hydrogen) atoms. The van der Waals surface area contributed by atoms with Crippen LogP contribution in [0.3, 0.4) is 0 Å². The first-order valence-electron chi connectivity index (χ1n) is 9.45. The normalized spacial score (nSPS) is 15.9. The second-order valence-corrected chi connectivity index (χ2v) is 8.82. The van der Waals surface area contributed by atoms with Gasteiger partial charge in [-0.05, 0) is 55.7 Å². The summed E-state index contributed by atoms with van der Waals surface area (Å²) in [4.78, 5) is 12.6. The third-order valence-electron chi connectivity index (χ3n) is 5.00. The molecule has 3 rings (SSSR count). The van der Waals surface area contributed by atoms with Crippen molar-refractivity contribution in [2.24, 2.45) is 0 Å². The average Bonchev–Trinajstić information content (AvgIpc) is 2.92. The van der Waals surface area contributed by atoms with Crippen LogP contribution < -0.4 is 10.0 Å². The molecule has 0 heterocycles. The fourth-order valence-corrected chi connectivity index (χ4v) is 4.68. The molecule has 0 saturated heterocycles. The van der Waals surface area contributed by atoms with Gasteiger partial charge in [0, 0.05) is 17.3 Å². The largest absolute Gasteiger partial charge is 0.322 e. The van der Waals surface area contributed by atoms with E-state index in [1.54, 1.807) is 12.1 Å². The molecule has 1 saturated carbocycles. The summed E-state index contributed by atoms with van der Waals surface area (Å²) >= 11 is 0. The maximum Gasteiger partial charge on any atom is 0.255 e. The fourth-order valence-electron chi connectivity index (χ4n) is 3.38. The van der Waals surface area contributed by atoms with Crippen molar-refractivity contribution in [3.05, 3.63) is 59.7 Å². The number of carbonyl (C=O) groups excluding carboxylic acids is 1. The van der Waals surface area contributed by atoms with Crippen LogP contribution in [0, 0.1) is 6.92 Å². The SMILES string of the molecule is Cc1ccccc1NC(=O)c1ccc(S(=O)(=O)NC2CCCCCC2)cc1. The van der Waals surface area contributed by atoms with Crippen molar-refractivity contribution in [1.82, 2.24) is 4.72 Å². The Morgan fingerprint density at radius 1 is 0.926 bits per heavy atom. The number of carbonyl (C=O) groups is 1. The summed E-state index contributed by atoms with van der Waals surface area (Å²) in [5.41, 5.74) is 2.14. The molecule has 2 aromatic rings. The molecule has 1 aliphatic rings. The van der Waals surface area contributed by atoms with E-state index < -0.39 is 10.0 Å². The molecule has 0 aromatic heterocycles. The topological polar surface area (TPSA) is 75.3 Å². The van der Waals surface area contributed by atoms with E-state index in [0.29, 0.717) is 5.56 Å². The van der Waals surface area contributed by atoms with E-state index in [2.05, 4.69) is 10.0 Å². The zero-order chi connectivity index (χ0) is 19.3. The number of anilines is 1. The number of rotatable bonds is 5. The first kappa shape index (κ1) is 19.6. The molecule has 0 bridgehead atoms. The number of sulfonamides is 1.